The first-order valence-corrected chi connectivity index (χ1v) is 8.44. The fourth-order valence-corrected chi connectivity index (χ4v) is 4.49. The molecule has 0 aliphatic carbocycles. The Hall–Kier alpha value is -0.480. The minimum absolute atomic E-state index is 0.151. The van der Waals surface area contributed by atoms with Gasteiger partial charge in [0.2, 0.25) is 0 Å². The normalized spacial score (nSPS) is 19.6. The molecule has 1 saturated heterocycles. The zero-order chi connectivity index (χ0) is 14.0. The first kappa shape index (κ1) is 14.9. The number of benzene rings is 1. The Morgan fingerprint density at radius 2 is 2.26 bits per heavy atom. The van der Waals surface area contributed by atoms with Crippen LogP contribution in [0.4, 0.5) is 0 Å². The molecule has 0 saturated carbocycles. The summed E-state index contributed by atoms with van der Waals surface area (Å²) in [5.74, 6) is 2.31. The van der Waals surface area contributed by atoms with Crippen molar-refractivity contribution in [1.82, 2.24) is 0 Å². The maximum Gasteiger partial charge on any atom is 0.304 e. The van der Waals surface area contributed by atoms with Crippen LogP contribution < -0.4 is 0 Å². The summed E-state index contributed by atoms with van der Waals surface area (Å²) in [4.78, 5) is 10.9. The van der Waals surface area contributed by atoms with Gasteiger partial charge >= 0.3 is 5.97 Å². The number of thioether (sulfide) groups is 1. The van der Waals surface area contributed by atoms with Gasteiger partial charge in [-0.05, 0) is 35.3 Å². The Balaban J connectivity index is 2.25. The van der Waals surface area contributed by atoms with Crippen LogP contribution in [0.15, 0.2) is 22.7 Å². The second kappa shape index (κ2) is 5.88. The predicted octanol–water partition coefficient (Wildman–Crippen LogP) is 4.42. The zero-order valence-electron chi connectivity index (χ0n) is 11.3. The van der Waals surface area contributed by atoms with Gasteiger partial charge in [-0.15, -0.1) is 0 Å². The van der Waals surface area contributed by atoms with Crippen molar-refractivity contribution in [3.8, 4) is 0 Å². The molecule has 0 aromatic heterocycles. The van der Waals surface area contributed by atoms with E-state index in [9.17, 15) is 4.79 Å². The number of hydrogen-bond donors (Lipinski definition) is 1. The van der Waals surface area contributed by atoms with E-state index in [1.165, 1.54) is 23.5 Å². The Kier molecular flexibility index (Phi) is 4.62. The summed E-state index contributed by atoms with van der Waals surface area (Å²) in [7, 11) is 0. The third-order valence-corrected chi connectivity index (χ3v) is 5.59. The molecule has 4 heteroatoms. The van der Waals surface area contributed by atoms with Gasteiger partial charge in [0.05, 0.1) is 6.42 Å². The average Bonchev–Trinajstić information content (AvgIpc) is 2.80. The summed E-state index contributed by atoms with van der Waals surface area (Å²) in [5.41, 5.74) is 2.10. The van der Waals surface area contributed by atoms with Crippen LogP contribution >= 0.6 is 27.7 Å². The van der Waals surface area contributed by atoms with E-state index in [1.807, 2.05) is 25.6 Å². The van der Waals surface area contributed by atoms with Crippen LogP contribution in [0.25, 0.3) is 0 Å². The second-order valence-electron chi connectivity index (χ2n) is 5.75. The fraction of sp³-hybridized carbons (Fsp3) is 0.533. The molecule has 1 aromatic carbocycles. The smallest absolute Gasteiger partial charge is 0.304 e. The van der Waals surface area contributed by atoms with Gasteiger partial charge in [-0.25, -0.2) is 0 Å². The van der Waals surface area contributed by atoms with Crippen LogP contribution in [0.3, 0.4) is 0 Å². The van der Waals surface area contributed by atoms with Gasteiger partial charge in [0.15, 0.2) is 0 Å². The molecule has 1 heterocycles. The Labute approximate surface area is 127 Å². The molecule has 0 amide bonds. The monoisotopic (exact) mass is 342 g/mol. The molecule has 19 heavy (non-hydrogen) atoms. The first-order chi connectivity index (χ1) is 8.90. The maximum absolute atomic E-state index is 10.9. The van der Waals surface area contributed by atoms with Crippen molar-refractivity contribution in [1.29, 1.82) is 0 Å². The molecule has 1 N–H and O–H groups in total. The molecular weight excluding hydrogens is 324 g/mol. The van der Waals surface area contributed by atoms with Crippen molar-refractivity contribution in [3.63, 3.8) is 0 Å². The van der Waals surface area contributed by atoms with Crippen LogP contribution in [0, 0.1) is 0 Å². The number of carbonyl (C=O) groups is 1. The van der Waals surface area contributed by atoms with Crippen molar-refractivity contribution in [2.75, 3.05) is 11.5 Å². The van der Waals surface area contributed by atoms with E-state index < -0.39 is 5.97 Å². The van der Waals surface area contributed by atoms with E-state index in [0.29, 0.717) is 5.92 Å². The molecule has 1 aromatic rings. The Morgan fingerprint density at radius 1 is 1.53 bits per heavy atom. The summed E-state index contributed by atoms with van der Waals surface area (Å²) >= 11 is 5.66. The van der Waals surface area contributed by atoms with Gasteiger partial charge in [-0.3, -0.25) is 4.79 Å². The summed E-state index contributed by atoms with van der Waals surface area (Å²) in [6.45, 7) is 3.96. The van der Waals surface area contributed by atoms with Gasteiger partial charge in [0.25, 0.3) is 0 Å². The van der Waals surface area contributed by atoms with Gasteiger partial charge in [0, 0.05) is 15.6 Å². The van der Waals surface area contributed by atoms with Crippen LogP contribution in [0.2, 0.25) is 0 Å². The lowest BCUT2D eigenvalue weighted by Gasteiger charge is -2.24. The predicted molar refractivity (Wildman–Crippen MR) is 84.1 cm³/mol. The van der Waals surface area contributed by atoms with Gasteiger partial charge < -0.3 is 5.11 Å². The molecule has 0 bridgehead atoms. The van der Waals surface area contributed by atoms with E-state index in [-0.39, 0.29) is 11.8 Å². The number of halogens is 1. The molecule has 1 aliphatic heterocycles. The lowest BCUT2D eigenvalue weighted by atomic mass is 9.81. The quantitative estimate of drug-likeness (QED) is 0.879. The van der Waals surface area contributed by atoms with Crippen molar-refractivity contribution in [2.24, 2.45) is 0 Å². The number of aliphatic carboxylic acids is 1. The van der Waals surface area contributed by atoms with E-state index in [0.717, 1.165) is 10.0 Å². The van der Waals surface area contributed by atoms with E-state index >= 15 is 0 Å². The fourth-order valence-electron chi connectivity index (χ4n) is 2.54. The molecule has 1 aliphatic rings. The Bertz CT molecular complexity index is 479. The summed E-state index contributed by atoms with van der Waals surface area (Å²) in [6, 6.07) is 6.35. The maximum atomic E-state index is 10.9. The molecule has 2 nitrogen and oxygen atoms in total. The van der Waals surface area contributed by atoms with Crippen molar-refractivity contribution in [2.45, 2.75) is 38.0 Å². The van der Waals surface area contributed by atoms with Gasteiger partial charge in [0.1, 0.15) is 0 Å². The van der Waals surface area contributed by atoms with Crippen LogP contribution in [-0.4, -0.2) is 22.6 Å². The summed E-state index contributed by atoms with van der Waals surface area (Å²) < 4.78 is 1.12. The minimum Gasteiger partial charge on any atom is -0.481 e. The Morgan fingerprint density at radius 3 is 2.79 bits per heavy atom. The molecule has 0 radical (unpaired) electrons. The number of hydrogen-bond acceptors (Lipinski definition) is 2. The largest absolute Gasteiger partial charge is 0.481 e. The highest BCUT2D eigenvalue weighted by atomic mass is 79.9. The van der Waals surface area contributed by atoms with Gasteiger partial charge in [-0.2, -0.15) is 11.8 Å². The van der Waals surface area contributed by atoms with E-state index in [1.54, 1.807) is 0 Å². The van der Waals surface area contributed by atoms with Crippen LogP contribution in [0.5, 0.6) is 0 Å². The number of carboxylic acid groups (broad SMARTS) is 1. The van der Waals surface area contributed by atoms with E-state index in [4.69, 9.17) is 5.11 Å². The number of carboxylic acids is 1. The zero-order valence-corrected chi connectivity index (χ0v) is 13.7. The first-order valence-electron chi connectivity index (χ1n) is 6.49. The number of rotatable bonds is 4. The van der Waals surface area contributed by atoms with Crippen molar-refractivity contribution in [3.05, 3.63) is 33.8 Å². The standard InChI is InChI=1S/C15H19BrO2S/c1-15(2,8-14(17)18)11-3-4-12(13(16)7-11)10-5-6-19-9-10/h3-4,7,10H,5-6,8-9H2,1-2H3,(H,17,18). The summed E-state index contributed by atoms with van der Waals surface area (Å²) in [5, 5.41) is 8.99. The molecule has 104 valence electrons. The highest BCUT2D eigenvalue weighted by Crippen LogP contribution is 2.38. The lowest BCUT2D eigenvalue weighted by molar-refractivity contribution is -0.138. The van der Waals surface area contributed by atoms with Crippen LogP contribution in [-0.2, 0) is 10.2 Å². The molecule has 1 fully saturated rings. The molecule has 2 rings (SSSR count). The average molecular weight is 343 g/mol. The lowest BCUT2D eigenvalue weighted by Crippen LogP contribution is -2.21. The van der Waals surface area contributed by atoms with Gasteiger partial charge in [-0.1, -0.05) is 41.9 Å². The SMILES string of the molecule is CC(C)(CC(=O)O)c1ccc(C2CCSC2)c(Br)c1. The van der Waals surface area contributed by atoms with Crippen LogP contribution in [0.1, 0.15) is 43.7 Å². The third-order valence-electron chi connectivity index (χ3n) is 3.74. The summed E-state index contributed by atoms with van der Waals surface area (Å²) in [6.07, 6.45) is 1.39. The van der Waals surface area contributed by atoms with E-state index in [2.05, 4.69) is 34.1 Å². The molecule has 0 spiro atoms. The molecule has 1 unspecified atom stereocenters. The van der Waals surface area contributed by atoms with Crippen molar-refractivity contribution < 1.29 is 9.90 Å². The third kappa shape index (κ3) is 3.54. The minimum atomic E-state index is -0.752. The molecular formula is C15H19BrO2S. The highest BCUT2D eigenvalue weighted by Gasteiger charge is 2.26. The second-order valence-corrected chi connectivity index (χ2v) is 7.76. The van der Waals surface area contributed by atoms with Crippen molar-refractivity contribution >= 4 is 33.7 Å². The molecule has 1 atom stereocenters. The topological polar surface area (TPSA) is 37.3 Å². The highest BCUT2D eigenvalue weighted by molar-refractivity contribution is 9.10.